The van der Waals surface area contributed by atoms with Crippen molar-refractivity contribution < 1.29 is 14.3 Å². The Balaban J connectivity index is 3.59. The van der Waals surface area contributed by atoms with Gasteiger partial charge >= 0.3 is 0 Å². The number of ether oxygens (including phenoxy) is 1. The summed E-state index contributed by atoms with van der Waals surface area (Å²) in [6, 6.07) is 0. The molecule has 0 aliphatic carbocycles. The van der Waals surface area contributed by atoms with Gasteiger partial charge in [-0.1, -0.05) is 20.8 Å². The Hall–Kier alpha value is -1.10. The summed E-state index contributed by atoms with van der Waals surface area (Å²) in [5.41, 5.74) is -0.410. The average Bonchev–Trinajstić information content (AvgIpc) is 2.16. The molecular formula is C11H22N2O3. The molecule has 0 rings (SSSR count). The van der Waals surface area contributed by atoms with Crippen molar-refractivity contribution in [2.75, 3.05) is 26.8 Å². The van der Waals surface area contributed by atoms with E-state index < -0.39 is 5.41 Å². The summed E-state index contributed by atoms with van der Waals surface area (Å²) < 4.78 is 4.80. The van der Waals surface area contributed by atoms with Crippen molar-refractivity contribution in [3.8, 4) is 0 Å². The molecule has 0 atom stereocenters. The fraction of sp³-hybridized carbons (Fsp3) is 0.818. The zero-order chi connectivity index (χ0) is 12.6. The highest BCUT2D eigenvalue weighted by atomic mass is 16.5. The fourth-order valence-corrected chi connectivity index (χ4v) is 0.936. The standard InChI is InChI=1S/C11H22N2O3/c1-11(2,3)10(15)13-6-5-9(14)12-7-8-16-4/h5-8H2,1-4H3,(H,12,14)(H,13,15). The summed E-state index contributed by atoms with van der Waals surface area (Å²) >= 11 is 0. The van der Waals surface area contributed by atoms with Crippen LogP contribution in [0.2, 0.25) is 0 Å². The highest BCUT2D eigenvalue weighted by Gasteiger charge is 2.20. The first-order valence-electron chi connectivity index (χ1n) is 5.42. The van der Waals surface area contributed by atoms with Crippen LogP contribution < -0.4 is 10.6 Å². The van der Waals surface area contributed by atoms with Crippen molar-refractivity contribution in [3.63, 3.8) is 0 Å². The number of carbonyl (C=O) groups excluding carboxylic acids is 2. The van der Waals surface area contributed by atoms with Crippen LogP contribution in [0, 0.1) is 5.41 Å². The molecule has 0 saturated heterocycles. The van der Waals surface area contributed by atoms with E-state index in [1.54, 1.807) is 7.11 Å². The molecule has 0 heterocycles. The number of methoxy groups -OCH3 is 1. The first-order chi connectivity index (χ1) is 7.38. The molecule has 0 fully saturated rings. The van der Waals surface area contributed by atoms with Crippen LogP contribution in [0.3, 0.4) is 0 Å². The number of rotatable bonds is 6. The van der Waals surface area contributed by atoms with E-state index in [0.29, 0.717) is 26.1 Å². The van der Waals surface area contributed by atoms with Crippen molar-refractivity contribution in [3.05, 3.63) is 0 Å². The Morgan fingerprint density at radius 3 is 2.25 bits per heavy atom. The van der Waals surface area contributed by atoms with Gasteiger partial charge in [-0.25, -0.2) is 0 Å². The molecule has 0 radical (unpaired) electrons. The number of hydrogen-bond donors (Lipinski definition) is 2. The van der Waals surface area contributed by atoms with Gasteiger partial charge in [-0.3, -0.25) is 9.59 Å². The van der Waals surface area contributed by atoms with Gasteiger partial charge < -0.3 is 15.4 Å². The highest BCUT2D eigenvalue weighted by molar-refractivity contribution is 5.82. The number of carbonyl (C=O) groups is 2. The summed E-state index contributed by atoms with van der Waals surface area (Å²) in [6.45, 7) is 6.88. The highest BCUT2D eigenvalue weighted by Crippen LogP contribution is 2.11. The quantitative estimate of drug-likeness (QED) is 0.645. The second-order valence-corrected chi connectivity index (χ2v) is 4.60. The minimum Gasteiger partial charge on any atom is -0.383 e. The fourth-order valence-electron chi connectivity index (χ4n) is 0.936. The lowest BCUT2D eigenvalue weighted by Crippen LogP contribution is -2.37. The van der Waals surface area contributed by atoms with E-state index in [0.717, 1.165) is 0 Å². The van der Waals surface area contributed by atoms with Crippen LogP contribution in [-0.2, 0) is 14.3 Å². The monoisotopic (exact) mass is 230 g/mol. The largest absolute Gasteiger partial charge is 0.383 e. The summed E-state index contributed by atoms with van der Waals surface area (Å²) in [5, 5.41) is 5.39. The maximum absolute atomic E-state index is 11.4. The van der Waals surface area contributed by atoms with E-state index >= 15 is 0 Å². The molecule has 2 N–H and O–H groups in total. The van der Waals surface area contributed by atoms with Gasteiger partial charge in [0.15, 0.2) is 0 Å². The summed E-state index contributed by atoms with van der Waals surface area (Å²) in [4.78, 5) is 22.7. The van der Waals surface area contributed by atoms with Crippen molar-refractivity contribution in [1.82, 2.24) is 10.6 Å². The third-order valence-corrected chi connectivity index (χ3v) is 1.95. The third-order valence-electron chi connectivity index (χ3n) is 1.95. The molecule has 0 bridgehead atoms. The van der Waals surface area contributed by atoms with Gasteiger partial charge in [-0.15, -0.1) is 0 Å². The number of amides is 2. The lowest BCUT2D eigenvalue weighted by molar-refractivity contribution is -0.128. The summed E-state index contributed by atoms with van der Waals surface area (Å²) in [7, 11) is 1.58. The average molecular weight is 230 g/mol. The van der Waals surface area contributed by atoms with E-state index in [2.05, 4.69) is 10.6 Å². The molecule has 0 spiro atoms. The Kier molecular flexibility index (Phi) is 6.72. The predicted molar refractivity (Wildman–Crippen MR) is 62.0 cm³/mol. The third kappa shape index (κ3) is 7.23. The van der Waals surface area contributed by atoms with E-state index in [9.17, 15) is 9.59 Å². The van der Waals surface area contributed by atoms with Gasteiger partial charge in [0.05, 0.1) is 6.61 Å². The van der Waals surface area contributed by atoms with E-state index in [4.69, 9.17) is 4.74 Å². The molecule has 16 heavy (non-hydrogen) atoms. The minimum absolute atomic E-state index is 0.0443. The van der Waals surface area contributed by atoms with Crippen LogP contribution in [-0.4, -0.2) is 38.6 Å². The summed E-state index contributed by atoms with van der Waals surface area (Å²) in [6.07, 6.45) is 0.297. The van der Waals surface area contributed by atoms with Gasteiger partial charge in [0.2, 0.25) is 11.8 Å². The van der Waals surface area contributed by atoms with Crippen molar-refractivity contribution in [2.24, 2.45) is 5.41 Å². The van der Waals surface area contributed by atoms with Crippen LogP contribution in [0.25, 0.3) is 0 Å². The Morgan fingerprint density at radius 2 is 1.75 bits per heavy atom. The molecule has 5 heteroatoms. The molecule has 0 aliphatic heterocycles. The summed E-state index contributed by atoms with van der Waals surface area (Å²) in [5.74, 6) is -0.122. The normalized spacial score (nSPS) is 11.0. The predicted octanol–water partition coefficient (Wildman–Crippen LogP) is 0.301. The molecule has 0 aromatic rings. The topological polar surface area (TPSA) is 67.4 Å². The van der Waals surface area contributed by atoms with Gasteiger partial charge in [-0.05, 0) is 0 Å². The van der Waals surface area contributed by atoms with Gasteiger partial charge in [0.1, 0.15) is 0 Å². The first kappa shape index (κ1) is 14.9. The Bertz CT molecular complexity index is 234. The van der Waals surface area contributed by atoms with Crippen molar-refractivity contribution in [2.45, 2.75) is 27.2 Å². The van der Waals surface area contributed by atoms with E-state index in [1.165, 1.54) is 0 Å². The SMILES string of the molecule is COCCNC(=O)CCNC(=O)C(C)(C)C. The smallest absolute Gasteiger partial charge is 0.225 e. The van der Waals surface area contributed by atoms with Crippen LogP contribution >= 0.6 is 0 Å². The Labute approximate surface area is 96.9 Å². The zero-order valence-corrected chi connectivity index (χ0v) is 10.6. The van der Waals surface area contributed by atoms with Crippen LogP contribution in [0.5, 0.6) is 0 Å². The van der Waals surface area contributed by atoms with Gasteiger partial charge in [0, 0.05) is 32.0 Å². The lowest BCUT2D eigenvalue weighted by atomic mass is 9.96. The molecule has 0 saturated carbocycles. The zero-order valence-electron chi connectivity index (χ0n) is 10.6. The molecular weight excluding hydrogens is 208 g/mol. The molecule has 0 aromatic carbocycles. The first-order valence-corrected chi connectivity index (χ1v) is 5.42. The molecule has 94 valence electrons. The van der Waals surface area contributed by atoms with Crippen LogP contribution in [0.1, 0.15) is 27.2 Å². The van der Waals surface area contributed by atoms with Crippen molar-refractivity contribution in [1.29, 1.82) is 0 Å². The molecule has 0 aliphatic rings. The lowest BCUT2D eigenvalue weighted by Gasteiger charge is -2.17. The second-order valence-electron chi connectivity index (χ2n) is 4.60. The number of hydrogen-bond acceptors (Lipinski definition) is 3. The molecule has 0 aromatic heterocycles. The van der Waals surface area contributed by atoms with Crippen LogP contribution in [0.15, 0.2) is 0 Å². The van der Waals surface area contributed by atoms with Crippen LogP contribution in [0.4, 0.5) is 0 Å². The van der Waals surface area contributed by atoms with E-state index in [1.807, 2.05) is 20.8 Å². The molecule has 2 amide bonds. The maximum Gasteiger partial charge on any atom is 0.225 e. The second kappa shape index (κ2) is 7.22. The Morgan fingerprint density at radius 1 is 1.12 bits per heavy atom. The van der Waals surface area contributed by atoms with E-state index in [-0.39, 0.29) is 11.8 Å². The molecule has 5 nitrogen and oxygen atoms in total. The van der Waals surface area contributed by atoms with Gasteiger partial charge in [0.25, 0.3) is 0 Å². The minimum atomic E-state index is -0.410. The van der Waals surface area contributed by atoms with Gasteiger partial charge in [-0.2, -0.15) is 0 Å². The number of nitrogens with one attached hydrogen (secondary N) is 2. The maximum atomic E-state index is 11.4. The van der Waals surface area contributed by atoms with Crippen molar-refractivity contribution >= 4 is 11.8 Å². The molecule has 0 unspecified atom stereocenters.